The number of non-ortho nitro benzene ring substituents is 1. The van der Waals surface area contributed by atoms with E-state index in [0.29, 0.717) is 0 Å². The maximum absolute atomic E-state index is 11.9. The molecule has 10 heteroatoms. The summed E-state index contributed by atoms with van der Waals surface area (Å²) < 4.78 is 4.88. The van der Waals surface area contributed by atoms with E-state index in [1.54, 1.807) is 0 Å². The molecule has 1 aromatic carbocycles. The average Bonchev–Trinajstić information content (AvgIpc) is 3.21. The van der Waals surface area contributed by atoms with Crippen LogP contribution in [0.1, 0.15) is 34.6 Å². The minimum absolute atomic E-state index is 0.0157. The van der Waals surface area contributed by atoms with Crippen LogP contribution < -0.4 is 10.6 Å². The highest BCUT2D eigenvalue weighted by atomic mass is 32.1. The number of nitro groups is 1. The number of nitrogens with zero attached hydrogens (tertiary/aromatic N) is 1. The number of hydrogen-bond donors (Lipinski definition) is 2. The van der Waals surface area contributed by atoms with Gasteiger partial charge in [0.2, 0.25) is 0 Å². The van der Waals surface area contributed by atoms with Gasteiger partial charge in [-0.2, -0.15) is 0 Å². The van der Waals surface area contributed by atoms with Crippen molar-refractivity contribution in [1.29, 1.82) is 0 Å². The first kappa shape index (κ1) is 21.0. The number of hydrogen-bond acceptors (Lipinski definition) is 7. The van der Waals surface area contributed by atoms with Crippen LogP contribution in [0.2, 0.25) is 0 Å². The van der Waals surface area contributed by atoms with Crippen LogP contribution in [-0.2, 0) is 14.3 Å². The first-order valence-electron chi connectivity index (χ1n) is 8.38. The Morgan fingerprint density at radius 3 is 2.54 bits per heavy atom. The van der Waals surface area contributed by atoms with Crippen LogP contribution in [0, 0.1) is 10.1 Å². The van der Waals surface area contributed by atoms with Gasteiger partial charge < -0.3 is 15.4 Å². The standard InChI is InChI=1S/C18H19N3O6S/c1-12(15-3-2-10-28-15)20-16(22)11-27-17(23)8-9-19-18(24)13-4-6-14(7-5-13)21(25)26/h2-7,10,12H,8-9,11H2,1H3,(H,19,24)(H,20,22)/t12-/m0/s1. The first-order valence-corrected chi connectivity index (χ1v) is 9.26. The second kappa shape index (κ2) is 10.2. The van der Waals surface area contributed by atoms with Crippen LogP contribution in [0.15, 0.2) is 41.8 Å². The summed E-state index contributed by atoms with van der Waals surface area (Å²) in [5, 5.41) is 17.7. The molecule has 2 aromatic rings. The molecule has 0 unspecified atom stereocenters. The van der Waals surface area contributed by atoms with E-state index >= 15 is 0 Å². The maximum Gasteiger partial charge on any atom is 0.308 e. The molecule has 0 bridgehead atoms. The Morgan fingerprint density at radius 1 is 1.21 bits per heavy atom. The lowest BCUT2D eigenvalue weighted by atomic mass is 10.2. The normalized spacial score (nSPS) is 11.3. The van der Waals surface area contributed by atoms with Gasteiger partial charge in [0.1, 0.15) is 0 Å². The van der Waals surface area contributed by atoms with Gasteiger partial charge in [0.05, 0.1) is 17.4 Å². The van der Waals surface area contributed by atoms with E-state index in [4.69, 9.17) is 4.74 Å². The van der Waals surface area contributed by atoms with Crippen molar-refractivity contribution in [3.8, 4) is 0 Å². The molecule has 1 heterocycles. The summed E-state index contributed by atoms with van der Waals surface area (Å²) in [6.07, 6.45) is -0.105. The maximum atomic E-state index is 11.9. The molecule has 2 rings (SSSR count). The second-order valence-electron chi connectivity index (χ2n) is 5.78. The number of benzene rings is 1. The SMILES string of the molecule is C[C@H](NC(=O)COC(=O)CCNC(=O)c1ccc([N+](=O)[O-])cc1)c1cccs1. The van der Waals surface area contributed by atoms with Gasteiger partial charge >= 0.3 is 5.97 Å². The van der Waals surface area contributed by atoms with E-state index < -0.39 is 29.3 Å². The van der Waals surface area contributed by atoms with Gasteiger partial charge in [-0.15, -0.1) is 11.3 Å². The fourth-order valence-corrected chi connectivity index (χ4v) is 2.96. The highest BCUT2D eigenvalue weighted by Gasteiger charge is 2.13. The molecule has 1 atom stereocenters. The third kappa shape index (κ3) is 6.47. The van der Waals surface area contributed by atoms with Crippen molar-refractivity contribution in [2.75, 3.05) is 13.2 Å². The van der Waals surface area contributed by atoms with Gasteiger partial charge in [0.15, 0.2) is 6.61 Å². The quantitative estimate of drug-likeness (QED) is 0.374. The Labute approximate surface area is 164 Å². The van der Waals surface area contributed by atoms with E-state index in [1.165, 1.54) is 35.6 Å². The van der Waals surface area contributed by atoms with E-state index in [9.17, 15) is 24.5 Å². The second-order valence-corrected chi connectivity index (χ2v) is 6.75. The lowest BCUT2D eigenvalue weighted by molar-refractivity contribution is -0.384. The number of nitro benzene ring substituents is 1. The molecule has 9 nitrogen and oxygen atoms in total. The molecular formula is C18H19N3O6S. The van der Waals surface area contributed by atoms with Crippen molar-refractivity contribution >= 4 is 34.8 Å². The molecule has 0 spiro atoms. The zero-order valence-corrected chi connectivity index (χ0v) is 15.9. The first-order chi connectivity index (χ1) is 13.4. The van der Waals surface area contributed by atoms with Crippen molar-refractivity contribution in [2.45, 2.75) is 19.4 Å². The van der Waals surface area contributed by atoms with Crippen molar-refractivity contribution in [2.24, 2.45) is 0 Å². The number of ether oxygens (including phenoxy) is 1. The monoisotopic (exact) mass is 405 g/mol. The third-order valence-corrected chi connectivity index (χ3v) is 4.72. The van der Waals surface area contributed by atoms with E-state index in [2.05, 4.69) is 10.6 Å². The van der Waals surface area contributed by atoms with Crippen LogP contribution in [0.5, 0.6) is 0 Å². The number of carbonyl (C=O) groups is 3. The van der Waals surface area contributed by atoms with E-state index in [1.807, 2.05) is 24.4 Å². The Balaban J connectivity index is 1.65. The molecular weight excluding hydrogens is 386 g/mol. The summed E-state index contributed by atoms with van der Waals surface area (Å²) in [4.78, 5) is 46.4. The fraction of sp³-hybridized carbons (Fsp3) is 0.278. The third-order valence-electron chi connectivity index (χ3n) is 3.67. The Bertz CT molecular complexity index is 836. The lowest BCUT2D eigenvalue weighted by Crippen LogP contribution is -2.31. The smallest absolute Gasteiger partial charge is 0.308 e. The van der Waals surface area contributed by atoms with Gasteiger partial charge in [-0.1, -0.05) is 6.07 Å². The molecule has 0 saturated heterocycles. The molecule has 0 aliphatic heterocycles. The average molecular weight is 405 g/mol. The highest BCUT2D eigenvalue weighted by Crippen LogP contribution is 2.17. The molecule has 0 radical (unpaired) electrons. The fourth-order valence-electron chi connectivity index (χ4n) is 2.22. The van der Waals surface area contributed by atoms with Gasteiger partial charge in [-0.3, -0.25) is 24.5 Å². The van der Waals surface area contributed by atoms with Crippen LogP contribution in [-0.4, -0.2) is 35.9 Å². The topological polar surface area (TPSA) is 128 Å². The number of amides is 2. The highest BCUT2D eigenvalue weighted by molar-refractivity contribution is 7.10. The van der Waals surface area contributed by atoms with Gasteiger partial charge in [0, 0.05) is 29.1 Å². The van der Waals surface area contributed by atoms with Gasteiger partial charge in [0.25, 0.3) is 17.5 Å². The Kier molecular flexibility index (Phi) is 7.64. The van der Waals surface area contributed by atoms with E-state index in [0.717, 1.165) is 4.88 Å². The summed E-state index contributed by atoms with van der Waals surface area (Å²) >= 11 is 1.52. The predicted octanol–water partition coefficient (Wildman–Crippen LogP) is 2.20. The number of nitrogens with one attached hydrogen (secondary N) is 2. The Hall–Kier alpha value is -3.27. The lowest BCUT2D eigenvalue weighted by Gasteiger charge is -2.12. The number of thiophene rings is 1. The molecule has 2 N–H and O–H groups in total. The zero-order chi connectivity index (χ0) is 20.5. The van der Waals surface area contributed by atoms with Crippen LogP contribution in [0.3, 0.4) is 0 Å². The summed E-state index contributed by atoms with van der Waals surface area (Å²) in [7, 11) is 0. The molecule has 0 saturated carbocycles. The van der Waals surface area contributed by atoms with Gasteiger partial charge in [-0.05, 0) is 30.5 Å². The van der Waals surface area contributed by atoms with Crippen LogP contribution in [0.25, 0.3) is 0 Å². The summed E-state index contributed by atoms with van der Waals surface area (Å²) in [6.45, 7) is 1.45. The molecule has 148 valence electrons. The van der Waals surface area contributed by atoms with Crippen molar-refractivity contribution in [3.05, 3.63) is 62.3 Å². The molecule has 0 aliphatic rings. The predicted molar refractivity (Wildman–Crippen MR) is 102 cm³/mol. The molecule has 0 fully saturated rings. The minimum Gasteiger partial charge on any atom is -0.456 e. The number of carbonyl (C=O) groups excluding carboxylic acids is 3. The van der Waals surface area contributed by atoms with Crippen molar-refractivity contribution in [3.63, 3.8) is 0 Å². The van der Waals surface area contributed by atoms with E-state index in [-0.39, 0.29) is 30.3 Å². The largest absolute Gasteiger partial charge is 0.456 e. The summed E-state index contributed by atoms with van der Waals surface area (Å²) in [6, 6.07) is 8.70. The number of rotatable bonds is 9. The summed E-state index contributed by atoms with van der Waals surface area (Å²) in [5.41, 5.74) is 0.118. The Morgan fingerprint density at radius 2 is 1.93 bits per heavy atom. The van der Waals surface area contributed by atoms with Crippen LogP contribution in [0.4, 0.5) is 5.69 Å². The molecule has 2 amide bonds. The minimum atomic E-state index is -0.622. The number of esters is 1. The molecule has 1 aromatic heterocycles. The summed E-state index contributed by atoms with van der Waals surface area (Å²) in [5.74, 6) is -1.50. The van der Waals surface area contributed by atoms with Crippen LogP contribution >= 0.6 is 11.3 Å². The van der Waals surface area contributed by atoms with Gasteiger partial charge in [-0.25, -0.2) is 0 Å². The van der Waals surface area contributed by atoms with Crippen molar-refractivity contribution < 1.29 is 24.0 Å². The molecule has 28 heavy (non-hydrogen) atoms. The zero-order valence-electron chi connectivity index (χ0n) is 15.0. The van der Waals surface area contributed by atoms with Crippen molar-refractivity contribution in [1.82, 2.24) is 10.6 Å². The molecule has 0 aliphatic carbocycles.